The Morgan fingerprint density at radius 3 is 2.23 bits per heavy atom. The lowest BCUT2D eigenvalue weighted by Gasteiger charge is -2.31. The molecule has 1 N–H and O–H groups in total. The predicted molar refractivity (Wildman–Crippen MR) is 106 cm³/mol. The van der Waals surface area contributed by atoms with E-state index in [-0.39, 0.29) is 23.3 Å². The number of benzene rings is 2. The molecule has 1 aliphatic rings. The zero-order valence-electron chi connectivity index (χ0n) is 16.7. The van der Waals surface area contributed by atoms with Crippen LogP contribution in [-0.4, -0.2) is 42.9 Å². The zero-order valence-corrected chi connectivity index (χ0v) is 16.7. The van der Waals surface area contributed by atoms with Gasteiger partial charge < -0.3 is 15.0 Å². The second-order valence-electron chi connectivity index (χ2n) is 7.20. The Hall–Kier alpha value is -3.36. The second-order valence-corrected chi connectivity index (χ2v) is 7.20. The van der Waals surface area contributed by atoms with Gasteiger partial charge in [0.2, 0.25) is 5.91 Å². The van der Waals surface area contributed by atoms with E-state index in [1.807, 2.05) is 0 Å². The Kier molecular flexibility index (Phi) is 6.62. The van der Waals surface area contributed by atoms with Gasteiger partial charge in [-0.05, 0) is 55.3 Å². The third-order valence-corrected chi connectivity index (χ3v) is 5.16. The van der Waals surface area contributed by atoms with Crippen LogP contribution in [0.1, 0.15) is 39.1 Å². The Balaban J connectivity index is 1.56. The highest BCUT2D eigenvalue weighted by atomic mass is 19.4. The van der Waals surface area contributed by atoms with Crippen LogP contribution in [0.15, 0.2) is 48.5 Å². The summed E-state index contributed by atoms with van der Waals surface area (Å²) in [6.07, 6.45) is -3.60. The molecule has 1 aliphatic heterocycles. The van der Waals surface area contributed by atoms with Gasteiger partial charge in [0.25, 0.3) is 5.91 Å². The number of amides is 2. The minimum absolute atomic E-state index is 0.176. The zero-order chi connectivity index (χ0) is 22.6. The Labute approximate surface area is 177 Å². The molecule has 2 aromatic carbocycles. The van der Waals surface area contributed by atoms with Crippen molar-refractivity contribution in [3.05, 3.63) is 65.2 Å². The van der Waals surface area contributed by atoms with Crippen LogP contribution < -0.4 is 5.32 Å². The normalized spacial score (nSPS) is 14.8. The molecule has 0 saturated carbocycles. The minimum atomic E-state index is -4.45. The number of anilines is 1. The number of esters is 1. The first-order valence-corrected chi connectivity index (χ1v) is 9.65. The fourth-order valence-corrected chi connectivity index (χ4v) is 3.42. The lowest BCUT2D eigenvalue weighted by atomic mass is 9.95. The average molecular weight is 434 g/mol. The van der Waals surface area contributed by atoms with Gasteiger partial charge in [0.05, 0.1) is 18.2 Å². The number of carbonyl (C=O) groups is 3. The molecule has 6 nitrogen and oxygen atoms in total. The quantitative estimate of drug-likeness (QED) is 0.739. The smallest absolute Gasteiger partial charge is 0.416 e. The van der Waals surface area contributed by atoms with E-state index < -0.39 is 17.7 Å². The first kappa shape index (κ1) is 22.3. The van der Waals surface area contributed by atoms with Crippen molar-refractivity contribution in [3.63, 3.8) is 0 Å². The maximum atomic E-state index is 12.7. The molecule has 2 aromatic rings. The molecule has 31 heavy (non-hydrogen) atoms. The van der Waals surface area contributed by atoms with E-state index in [4.69, 9.17) is 0 Å². The third-order valence-electron chi connectivity index (χ3n) is 5.16. The summed E-state index contributed by atoms with van der Waals surface area (Å²) in [5, 5.41) is 2.77. The first-order valence-electron chi connectivity index (χ1n) is 9.65. The number of halogens is 3. The Morgan fingerprint density at radius 2 is 1.65 bits per heavy atom. The van der Waals surface area contributed by atoms with Crippen LogP contribution in [0.2, 0.25) is 0 Å². The van der Waals surface area contributed by atoms with Crippen LogP contribution in [-0.2, 0) is 15.7 Å². The Bertz CT molecular complexity index is 965. The van der Waals surface area contributed by atoms with Crippen molar-refractivity contribution in [3.8, 4) is 0 Å². The summed E-state index contributed by atoms with van der Waals surface area (Å²) in [5.41, 5.74) is 0.152. The molecule has 0 spiro atoms. The molecule has 0 atom stereocenters. The number of nitrogens with one attached hydrogen (secondary N) is 1. The van der Waals surface area contributed by atoms with Gasteiger partial charge in [0.15, 0.2) is 0 Å². The Morgan fingerprint density at radius 1 is 1.00 bits per heavy atom. The fourth-order valence-electron chi connectivity index (χ4n) is 3.42. The molecule has 0 radical (unpaired) electrons. The van der Waals surface area contributed by atoms with Crippen molar-refractivity contribution in [2.24, 2.45) is 5.92 Å². The molecule has 164 valence electrons. The van der Waals surface area contributed by atoms with E-state index in [1.165, 1.54) is 18.1 Å². The van der Waals surface area contributed by atoms with Gasteiger partial charge in [0, 0.05) is 30.3 Å². The number of alkyl halides is 3. The summed E-state index contributed by atoms with van der Waals surface area (Å²) in [5.74, 6) is -1.41. The number of ether oxygens (including phenoxy) is 1. The van der Waals surface area contributed by atoms with Crippen LogP contribution >= 0.6 is 0 Å². The highest BCUT2D eigenvalue weighted by Crippen LogP contribution is 2.29. The molecular formula is C22H21F3N2O4. The van der Waals surface area contributed by atoms with Crippen LogP contribution in [0.3, 0.4) is 0 Å². The topological polar surface area (TPSA) is 75.7 Å². The van der Waals surface area contributed by atoms with Crippen molar-refractivity contribution in [2.45, 2.75) is 19.0 Å². The summed E-state index contributed by atoms with van der Waals surface area (Å²) in [7, 11) is 1.27. The van der Waals surface area contributed by atoms with Crippen LogP contribution in [0.4, 0.5) is 18.9 Å². The molecular weight excluding hydrogens is 413 g/mol. The summed E-state index contributed by atoms with van der Waals surface area (Å²) in [4.78, 5) is 38.3. The van der Waals surface area contributed by atoms with Gasteiger partial charge >= 0.3 is 12.1 Å². The fraction of sp³-hybridized carbons (Fsp3) is 0.318. The number of hydrogen-bond acceptors (Lipinski definition) is 4. The lowest BCUT2D eigenvalue weighted by molar-refractivity contribution is -0.137. The van der Waals surface area contributed by atoms with Gasteiger partial charge in [-0.2, -0.15) is 13.2 Å². The average Bonchev–Trinajstić information content (AvgIpc) is 2.77. The maximum Gasteiger partial charge on any atom is 0.416 e. The molecule has 3 rings (SSSR count). The number of methoxy groups -OCH3 is 1. The van der Waals surface area contributed by atoms with Crippen molar-refractivity contribution < 1.29 is 32.3 Å². The first-order chi connectivity index (χ1) is 14.7. The lowest BCUT2D eigenvalue weighted by Crippen LogP contribution is -2.41. The molecule has 0 bridgehead atoms. The van der Waals surface area contributed by atoms with Crippen molar-refractivity contribution in [1.29, 1.82) is 0 Å². The number of piperidine rings is 1. The molecule has 2 amide bonds. The standard InChI is InChI=1S/C22H21F3N2O4/c1-31-21(30)16-3-2-4-18(13-16)26-19(28)14-9-11-27(12-10-14)20(29)15-5-7-17(8-6-15)22(23,24)25/h2-8,13-14H,9-12H2,1H3,(H,26,28). The molecule has 1 saturated heterocycles. The highest BCUT2D eigenvalue weighted by molar-refractivity contribution is 5.96. The molecule has 9 heteroatoms. The largest absolute Gasteiger partial charge is 0.465 e. The molecule has 0 unspecified atom stereocenters. The number of likely N-dealkylation sites (tertiary alicyclic amines) is 1. The van der Waals surface area contributed by atoms with Crippen LogP contribution in [0.5, 0.6) is 0 Å². The maximum absolute atomic E-state index is 12.7. The molecule has 1 fully saturated rings. The van der Waals surface area contributed by atoms with Gasteiger partial charge in [-0.3, -0.25) is 9.59 Å². The second kappa shape index (κ2) is 9.20. The van der Waals surface area contributed by atoms with Gasteiger partial charge in [-0.15, -0.1) is 0 Å². The van der Waals surface area contributed by atoms with E-state index in [2.05, 4.69) is 10.1 Å². The summed E-state index contributed by atoms with van der Waals surface area (Å²) < 4.78 is 42.7. The number of carbonyl (C=O) groups excluding carboxylic acids is 3. The number of nitrogens with zero attached hydrogens (tertiary/aromatic N) is 1. The summed E-state index contributed by atoms with van der Waals surface area (Å²) in [6.45, 7) is 0.639. The molecule has 1 heterocycles. The number of rotatable bonds is 4. The van der Waals surface area contributed by atoms with Gasteiger partial charge in [0.1, 0.15) is 0 Å². The molecule has 0 aliphatic carbocycles. The van der Waals surface area contributed by atoms with Crippen molar-refractivity contribution in [1.82, 2.24) is 4.90 Å². The van der Waals surface area contributed by atoms with Gasteiger partial charge in [-0.1, -0.05) is 6.07 Å². The van der Waals surface area contributed by atoms with E-state index in [0.717, 1.165) is 24.3 Å². The van der Waals surface area contributed by atoms with Crippen molar-refractivity contribution in [2.75, 3.05) is 25.5 Å². The van der Waals surface area contributed by atoms with Gasteiger partial charge in [-0.25, -0.2) is 4.79 Å². The van der Waals surface area contributed by atoms with Crippen molar-refractivity contribution >= 4 is 23.5 Å². The van der Waals surface area contributed by atoms with E-state index >= 15 is 0 Å². The highest BCUT2D eigenvalue weighted by Gasteiger charge is 2.31. The van der Waals surface area contributed by atoms with Crippen LogP contribution in [0.25, 0.3) is 0 Å². The third kappa shape index (κ3) is 5.42. The van der Waals surface area contributed by atoms with E-state index in [1.54, 1.807) is 18.2 Å². The summed E-state index contributed by atoms with van der Waals surface area (Å²) >= 11 is 0. The number of hydrogen-bond donors (Lipinski definition) is 1. The van der Waals surface area contributed by atoms with E-state index in [0.29, 0.717) is 37.2 Å². The van der Waals surface area contributed by atoms with Crippen LogP contribution in [0, 0.1) is 5.92 Å². The SMILES string of the molecule is COC(=O)c1cccc(NC(=O)C2CCN(C(=O)c3ccc(C(F)(F)F)cc3)CC2)c1. The predicted octanol–water partition coefficient (Wildman–Crippen LogP) is 3.98. The monoisotopic (exact) mass is 434 g/mol. The molecule has 0 aromatic heterocycles. The van der Waals surface area contributed by atoms with E-state index in [9.17, 15) is 27.6 Å². The summed E-state index contributed by atoms with van der Waals surface area (Å²) in [6, 6.07) is 10.5. The minimum Gasteiger partial charge on any atom is -0.465 e.